The Bertz CT molecular complexity index is 2060. The van der Waals surface area contributed by atoms with E-state index in [4.69, 9.17) is 21.1 Å². The summed E-state index contributed by atoms with van der Waals surface area (Å²) >= 11 is 6.32. The summed E-state index contributed by atoms with van der Waals surface area (Å²) in [6.07, 6.45) is 3.30. The van der Waals surface area contributed by atoms with Crippen LogP contribution in [0.3, 0.4) is 0 Å². The number of rotatable bonds is 12. The number of ether oxygens (including phenoxy) is 2. The molecular weight excluding hydrogens is 720 g/mol. The lowest BCUT2D eigenvalue weighted by Crippen LogP contribution is -2.59. The number of benzene rings is 2. The van der Waals surface area contributed by atoms with E-state index in [1.54, 1.807) is 49.9 Å². The van der Waals surface area contributed by atoms with E-state index in [9.17, 15) is 31.6 Å². The molecule has 278 valence electrons. The fourth-order valence-electron chi connectivity index (χ4n) is 6.81. The van der Waals surface area contributed by atoms with E-state index in [-0.39, 0.29) is 31.0 Å². The number of carbonyl (C=O) groups excluding carboxylic acids is 3. The zero-order chi connectivity index (χ0) is 37.7. The molecule has 0 radical (unpaired) electrons. The van der Waals surface area contributed by atoms with Crippen molar-refractivity contribution in [3.63, 3.8) is 0 Å². The van der Waals surface area contributed by atoms with Gasteiger partial charge in [-0.05, 0) is 55.0 Å². The highest BCUT2D eigenvalue weighted by atomic mass is 35.5. The van der Waals surface area contributed by atoms with Crippen LogP contribution in [0, 0.1) is 23.0 Å². The topological polar surface area (TPSA) is 156 Å². The molecule has 0 unspecified atom stereocenters. The van der Waals surface area contributed by atoms with E-state index < -0.39 is 79.7 Å². The van der Waals surface area contributed by atoms with Gasteiger partial charge < -0.3 is 14.8 Å². The van der Waals surface area contributed by atoms with Crippen LogP contribution in [0.15, 0.2) is 55.3 Å². The number of likely N-dealkylation sites (tertiary alicyclic amines) is 1. The quantitative estimate of drug-likeness (QED) is 0.221. The minimum atomic E-state index is -3.95. The average molecular weight is 760 g/mol. The molecule has 3 aromatic rings. The van der Waals surface area contributed by atoms with Gasteiger partial charge in [0, 0.05) is 46.4 Å². The van der Waals surface area contributed by atoms with Gasteiger partial charge in [-0.3, -0.25) is 29.3 Å². The number of hydrogen-bond donors (Lipinski definition) is 3. The van der Waals surface area contributed by atoms with Gasteiger partial charge in [0.1, 0.15) is 23.4 Å². The molecule has 16 heteroatoms. The molecule has 3 aliphatic rings. The van der Waals surface area contributed by atoms with Crippen LogP contribution in [0.5, 0.6) is 11.6 Å². The first-order chi connectivity index (χ1) is 24.5. The third-order valence-electron chi connectivity index (χ3n) is 9.82. The normalized spacial score (nSPS) is 23.8. The minimum absolute atomic E-state index is 0.0140. The highest BCUT2D eigenvalue weighted by Crippen LogP contribution is 2.53. The SMILES string of the molecule is C=C[C@@H]1C[C@@]1(C(=O)NS(=O)(=O)C1CC1)N1C[C@H](Oc2ncc(OC)c3ccc(Cl)cc23)C[C@H]1C(=O)NC(=O)[C@H](Nc1ccc(F)c(F)c1)C(C)(C)C. The maximum Gasteiger partial charge on any atom is 0.254 e. The van der Waals surface area contributed by atoms with E-state index in [0.717, 1.165) is 12.1 Å². The van der Waals surface area contributed by atoms with Crippen LogP contribution in [-0.2, 0) is 24.4 Å². The van der Waals surface area contributed by atoms with Gasteiger partial charge in [-0.1, -0.05) is 38.4 Å². The first-order valence-electron chi connectivity index (χ1n) is 16.8. The van der Waals surface area contributed by atoms with E-state index in [0.29, 0.717) is 34.4 Å². The van der Waals surface area contributed by atoms with Crippen LogP contribution in [0.1, 0.15) is 46.5 Å². The summed E-state index contributed by atoms with van der Waals surface area (Å²) in [5.74, 6) is -4.32. The zero-order valence-electron chi connectivity index (χ0n) is 29.0. The summed E-state index contributed by atoms with van der Waals surface area (Å²) < 4.78 is 67.6. The molecule has 5 atom stereocenters. The van der Waals surface area contributed by atoms with Crippen LogP contribution in [0.4, 0.5) is 14.5 Å². The molecule has 52 heavy (non-hydrogen) atoms. The van der Waals surface area contributed by atoms with Crippen molar-refractivity contribution in [2.45, 2.75) is 75.4 Å². The number of fused-ring (bicyclic) bond motifs is 1. The van der Waals surface area contributed by atoms with Crippen molar-refractivity contribution in [2.24, 2.45) is 11.3 Å². The lowest BCUT2D eigenvalue weighted by atomic mass is 9.85. The van der Waals surface area contributed by atoms with Crippen LogP contribution in [-0.4, -0.2) is 78.7 Å². The predicted octanol–water partition coefficient (Wildman–Crippen LogP) is 4.72. The van der Waals surface area contributed by atoms with Gasteiger partial charge in [0.2, 0.25) is 27.7 Å². The van der Waals surface area contributed by atoms with Crippen molar-refractivity contribution in [2.75, 3.05) is 19.0 Å². The minimum Gasteiger partial charge on any atom is -0.494 e. The van der Waals surface area contributed by atoms with Gasteiger partial charge in [0.25, 0.3) is 5.91 Å². The van der Waals surface area contributed by atoms with Crippen molar-refractivity contribution >= 4 is 55.8 Å². The summed E-state index contributed by atoms with van der Waals surface area (Å²) in [7, 11) is -2.44. The molecule has 3 N–H and O–H groups in total. The molecule has 1 saturated heterocycles. The molecule has 0 bridgehead atoms. The summed E-state index contributed by atoms with van der Waals surface area (Å²) in [4.78, 5) is 47.9. The van der Waals surface area contributed by atoms with Gasteiger partial charge in [0.15, 0.2) is 11.6 Å². The van der Waals surface area contributed by atoms with Crippen molar-refractivity contribution in [1.29, 1.82) is 0 Å². The van der Waals surface area contributed by atoms with Gasteiger partial charge >= 0.3 is 0 Å². The highest BCUT2D eigenvalue weighted by molar-refractivity contribution is 7.91. The molecule has 0 spiro atoms. The second kappa shape index (κ2) is 13.9. The third kappa shape index (κ3) is 7.30. The molecule has 2 aromatic carbocycles. The van der Waals surface area contributed by atoms with Crippen molar-refractivity contribution < 1.29 is 41.1 Å². The number of aromatic nitrogens is 1. The first-order valence-corrected chi connectivity index (χ1v) is 18.7. The number of methoxy groups -OCH3 is 1. The number of sulfonamides is 1. The van der Waals surface area contributed by atoms with Gasteiger partial charge in [-0.15, -0.1) is 6.58 Å². The molecule has 3 amide bonds. The fraction of sp³-hybridized carbons (Fsp3) is 0.444. The molecule has 1 aliphatic heterocycles. The van der Waals surface area contributed by atoms with Crippen LogP contribution in [0.2, 0.25) is 5.02 Å². The Labute approximate surface area is 305 Å². The monoisotopic (exact) mass is 759 g/mol. The Kier molecular flexibility index (Phi) is 10.0. The molecular formula is C36H40ClF2N5O7S. The number of hydrogen-bond acceptors (Lipinski definition) is 10. The Morgan fingerprint density at radius 3 is 2.46 bits per heavy atom. The summed E-state index contributed by atoms with van der Waals surface area (Å²) in [6, 6.07) is 5.98. The van der Waals surface area contributed by atoms with Crippen LogP contribution < -0.4 is 24.8 Å². The maximum absolute atomic E-state index is 14.2. The first kappa shape index (κ1) is 37.4. The number of imide groups is 1. The number of halogens is 3. The summed E-state index contributed by atoms with van der Waals surface area (Å²) in [5.41, 5.74) is -2.17. The van der Waals surface area contributed by atoms with Crippen LogP contribution >= 0.6 is 11.6 Å². The Balaban J connectivity index is 1.31. The van der Waals surface area contributed by atoms with Gasteiger partial charge in [-0.25, -0.2) is 22.2 Å². The lowest BCUT2D eigenvalue weighted by molar-refractivity contribution is -0.136. The third-order valence-corrected chi connectivity index (χ3v) is 11.9. The molecule has 6 rings (SSSR count). The Morgan fingerprint density at radius 1 is 1.12 bits per heavy atom. The number of amides is 3. The largest absolute Gasteiger partial charge is 0.494 e. The second-order valence-corrected chi connectivity index (χ2v) is 16.9. The molecule has 2 heterocycles. The number of pyridine rings is 1. The molecule has 2 saturated carbocycles. The van der Waals surface area contributed by atoms with Crippen molar-refractivity contribution in [3.8, 4) is 11.6 Å². The highest BCUT2D eigenvalue weighted by Gasteiger charge is 2.67. The van der Waals surface area contributed by atoms with E-state index in [1.165, 1.54) is 19.4 Å². The van der Waals surface area contributed by atoms with Crippen molar-refractivity contribution in [1.82, 2.24) is 19.9 Å². The zero-order valence-corrected chi connectivity index (χ0v) is 30.6. The van der Waals surface area contributed by atoms with Crippen molar-refractivity contribution in [3.05, 3.63) is 71.9 Å². The Hall–Kier alpha value is -4.34. The van der Waals surface area contributed by atoms with Gasteiger partial charge in [-0.2, -0.15) is 0 Å². The molecule has 3 fully saturated rings. The maximum atomic E-state index is 14.2. The van der Waals surface area contributed by atoms with E-state index in [1.807, 2.05) is 0 Å². The lowest BCUT2D eigenvalue weighted by Gasteiger charge is -2.34. The standard InChI is InChI=1S/C36H40ClF2N5O7S/c1-6-19-16-36(19,34(47)43-52(48,49)23-9-10-23)44-18-22(51-33-25-13-20(37)7-11-24(25)29(50-5)17-40-33)15-28(44)31(45)42-32(46)30(35(2,3)4)41-21-8-12-26(38)27(39)14-21/h6-8,11-14,17,19,22-23,28,30,41H,1,9-10,15-16,18H2,2-5H3,(H,43,47)(H,42,45,46)/t19-,22-,28+,30+,36-/m1/s1. The summed E-state index contributed by atoms with van der Waals surface area (Å²) in [6.45, 7) is 9.03. The Morgan fingerprint density at radius 2 is 1.85 bits per heavy atom. The van der Waals surface area contributed by atoms with E-state index in [2.05, 4.69) is 26.9 Å². The smallest absolute Gasteiger partial charge is 0.254 e. The molecule has 12 nitrogen and oxygen atoms in total. The summed E-state index contributed by atoms with van der Waals surface area (Å²) in [5, 5.41) is 6.32. The average Bonchev–Trinajstić information content (AvgIpc) is 4.01. The number of carbonyl (C=O) groups is 3. The fourth-order valence-corrected chi connectivity index (χ4v) is 8.34. The predicted molar refractivity (Wildman–Crippen MR) is 190 cm³/mol. The van der Waals surface area contributed by atoms with Crippen LogP contribution in [0.25, 0.3) is 10.8 Å². The number of anilines is 1. The molecule has 2 aliphatic carbocycles. The molecule has 1 aromatic heterocycles. The van der Waals surface area contributed by atoms with E-state index >= 15 is 0 Å². The number of nitrogens with one attached hydrogen (secondary N) is 3. The number of nitrogens with zero attached hydrogens (tertiary/aromatic N) is 2. The van der Waals surface area contributed by atoms with Gasteiger partial charge in [0.05, 0.1) is 24.6 Å². The second-order valence-electron chi connectivity index (χ2n) is 14.5.